The van der Waals surface area contributed by atoms with Crippen LogP contribution >= 0.6 is 0 Å². The minimum Gasteiger partial charge on any atom is -0.481 e. The summed E-state index contributed by atoms with van der Waals surface area (Å²) in [6.45, 7) is 2.45. The molecular formula is C25H27N5O5. The predicted molar refractivity (Wildman–Crippen MR) is 128 cm³/mol. The Morgan fingerprint density at radius 2 is 1.71 bits per heavy atom. The molecule has 1 atom stereocenters. The highest BCUT2D eigenvalue weighted by Gasteiger charge is 2.29. The molecule has 4 N–H and O–H groups in total. The number of rotatable bonds is 10. The van der Waals surface area contributed by atoms with Crippen molar-refractivity contribution in [1.82, 2.24) is 20.5 Å². The molecule has 1 aliphatic rings. The van der Waals surface area contributed by atoms with E-state index in [2.05, 4.69) is 37.9 Å². The zero-order chi connectivity index (χ0) is 24.8. The van der Waals surface area contributed by atoms with Crippen LogP contribution in [0.2, 0.25) is 0 Å². The molecule has 0 aliphatic heterocycles. The van der Waals surface area contributed by atoms with Crippen molar-refractivity contribution in [2.75, 3.05) is 18.5 Å². The van der Waals surface area contributed by atoms with Gasteiger partial charge in [-0.05, 0) is 41.0 Å². The molecule has 10 nitrogen and oxygen atoms in total. The number of nitrogens with one attached hydrogen (secondary N) is 3. The molecule has 3 aromatic rings. The summed E-state index contributed by atoms with van der Waals surface area (Å²) in [5.74, 6) is -1.33. The van der Waals surface area contributed by atoms with Gasteiger partial charge in [0.2, 0.25) is 5.82 Å². The minimum atomic E-state index is -0.834. The van der Waals surface area contributed by atoms with Gasteiger partial charge in [0, 0.05) is 18.9 Å². The lowest BCUT2D eigenvalue weighted by atomic mass is 9.98. The van der Waals surface area contributed by atoms with Crippen LogP contribution in [-0.2, 0) is 9.53 Å². The predicted octanol–water partition coefficient (Wildman–Crippen LogP) is 3.79. The highest BCUT2D eigenvalue weighted by molar-refractivity contribution is 5.91. The molecule has 1 heterocycles. The van der Waals surface area contributed by atoms with Crippen molar-refractivity contribution in [3.8, 4) is 11.1 Å². The molecule has 2 amide bonds. The van der Waals surface area contributed by atoms with Crippen molar-refractivity contribution in [3.05, 3.63) is 65.5 Å². The second-order valence-corrected chi connectivity index (χ2v) is 8.54. The Morgan fingerprint density at radius 3 is 2.37 bits per heavy atom. The summed E-state index contributed by atoms with van der Waals surface area (Å²) < 4.78 is 5.46. The molecule has 1 aliphatic carbocycles. The number of aromatic nitrogens is 3. The number of carbonyl (C=O) groups excluding carboxylic acids is 2. The second-order valence-electron chi connectivity index (χ2n) is 8.54. The summed E-state index contributed by atoms with van der Waals surface area (Å²) in [7, 11) is 0. The normalized spacial score (nSPS) is 12.9. The van der Waals surface area contributed by atoms with Crippen LogP contribution in [0.25, 0.3) is 11.1 Å². The number of aromatic amines is 1. The van der Waals surface area contributed by atoms with E-state index in [9.17, 15) is 14.4 Å². The van der Waals surface area contributed by atoms with E-state index in [4.69, 9.17) is 9.84 Å². The van der Waals surface area contributed by atoms with Crippen LogP contribution < -0.4 is 10.6 Å². The summed E-state index contributed by atoms with van der Waals surface area (Å²) in [6.07, 6.45) is 0.562. The maximum Gasteiger partial charge on any atom is 0.414 e. The van der Waals surface area contributed by atoms with E-state index in [1.54, 1.807) is 0 Å². The first-order valence-electron chi connectivity index (χ1n) is 11.5. The van der Waals surface area contributed by atoms with Crippen LogP contribution in [0.3, 0.4) is 0 Å². The van der Waals surface area contributed by atoms with Gasteiger partial charge in [-0.25, -0.2) is 4.79 Å². The third-order valence-corrected chi connectivity index (χ3v) is 6.03. The van der Waals surface area contributed by atoms with Crippen LogP contribution in [-0.4, -0.2) is 51.4 Å². The van der Waals surface area contributed by atoms with E-state index < -0.39 is 18.0 Å². The van der Waals surface area contributed by atoms with Crippen LogP contribution in [0.5, 0.6) is 0 Å². The number of anilines is 1. The Kier molecular flexibility index (Phi) is 7.39. The maximum atomic E-state index is 12.4. The number of fused-ring (bicyclic) bond motifs is 3. The lowest BCUT2D eigenvalue weighted by Gasteiger charge is -2.13. The smallest absolute Gasteiger partial charge is 0.414 e. The third kappa shape index (κ3) is 5.84. The maximum absolute atomic E-state index is 12.4. The second kappa shape index (κ2) is 10.8. The number of amides is 2. The summed E-state index contributed by atoms with van der Waals surface area (Å²) in [4.78, 5) is 39.2. The summed E-state index contributed by atoms with van der Waals surface area (Å²) in [5, 5.41) is 20.2. The van der Waals surface area contributed by atoms with Gasteiger partial charge in [-0.3, -0.25) is 20.0 Å². The zero-order valence-electron chi connectivity index (χ0n) is 19.3. The van der Waals surface area contributed by atoms with Crippen molar-refractivity contribution < 1.29 is 24.2 Å². The van der Waals surface area contributed by atoms with Gasteiger partial charge in [0.1, 0.15) is 6.61 Å². The Bertz CT molecular complexity index is 1180. The number of carbonyl (C=O) groups is 3. The van der Waals surface area contributed by atoms with Crippen molar-refractivity contribution in [2.24, 2.45) is 5.92 Å². The van der Waals surface area contributed by atoms with E-state index in [0.29, 0.717) is 19.4 Å². The Hall–Kier alpha value is -4.21. The topological polar surface area (TPSA) is 146 Å². The standard InChI is InChI=1S/C25H27N5O5/c1-15(10-11-21(31)32)12-13-26-23(33)22-27-24(30-29-22)28-25(34)35-14-20-18-8-4-2-6-16(18)17-7-3-5-9-19(17)20/h2-9,15,20H,10-14H2,1H3,(H,26,33)(H,31,32)(H2,27,28,29,30,34). The van der Waals surface area contributed by atoms with Gasteiger partial charge in [0.25, 0.3) is 11.9 Å². The fourth-order valence-electron chi connectivity index (χ4n) is 4.18. The molecule has 1 unspecified atom stereocenters. The van der Waals surface area contributed by atoms with Crippen LogP contribution in [0, 0.1) is 5.92 Å². The quantitative estimate of drug-likeness (QED) is 0.347. The number of benzene rings is 2. The number of hydrogen-bond acceptors (Lipinski definition) is 6. The molecule has 0 spiro atoms. The number of H-pyrrole nitrogens is 1. The van der Waals surface area contributed by atoms with Gasteiger partial charge < -0.3 is 15.2 Å². The highest BCUT2D eigenvalue weighted by Crippen LogP contribution is 2.44. The Labute approximate surface area is 202 Å². The molecule has 2 aromatic carbocycles. The van der Waals surface area contributed by atoms with E-state index in [1.807, 2.05) is 43.3 Å². The summed E-state index contributed by atoms with van der Waals surface area (Å²) in [6, 6.07) is 16.1. The largest absolute Gasteiger partial charge is 0.481 e. The van der Waals surface area contributed by atoms with Gasteiger partial charge in [-0.15, -0.1) is 5.10 Å². The van der Waals surface area contributed by atoms with Gasteiger partial charge >= 0.3 is 12.1 Å². The lowest BCUT2D eigenvalue weighted by Crippen LogP contribution is -2.26. The first-order valence-corrected chi connectivity index (χ1v) is 11.5. The number of aliphatic carboxylic acids is 1. The first kappa shape index (κ1) is 23.9. The van der Waals surface area contributed by atoms with Crippen molar-refractivity contribution in [1.29, 1.82) is 0 Å². The molecule has 10 heteroatoms. The fourth-order valence-corrected chi connectivity index (χ4v) is 4.18. The average Bonchev–Trinajstić information content (AvgIpc) is 3.44. The van der Waals surface area contributed by atoms with Crippen molar-refractivity contribution in [2.45, 2.75) is 32.1 Å². The zero-order valence-corrected chi connectivity index (χ0v) is 19.3. The van der Waals surface area contributed by atoms with Gasteiger partial charge in [0.15, 0.2) is 0 Å². The molecule has 0 fully saturated rings. The molecule has 0 saturated heterocycles. The fraction of sp³-hybridized carbons (Fsp3) is 0.320. The number of carboxylic acids is 1. The van der Waals surface area contributed by atoms with E-state index in [1.165, 1.54) is 0 Å². The number of ether oxygens (including phenoxy) is 1. The first-order chi connectivity index (χ1) is 16.9. The van der Waals surface area contributed by atoms with E-state index >= 15 is 0 Å². The third-order valence-electron chi connectivity index (χ3n) is 6.03. The summed E-state index contributed by atoms with van der Waals surface area (Å²) >= 11 is 0. The van der Waals surface area contributed by atoms with Crippen molar-refractivity contribution >= 4 is 23.9 Å². The van der Waals surface area contributed by atoms with Crippen LogP contribution in [0.1, 0.15) is 53.8 Å². The molecule has 4 rings (SSSR count). The molecule has 0 saturated carbocycles. The van der Waals surface area contributed by atoms with Crippen LogP contribution in [0.15, 0.2) is 48.5 Å². The SMILES string of the molecule is CC(CCNC(=O)c1nc(NC(=O)OCC2c3ccccc3-c3ccccc32)n[nH]1)CCC(=O)O. The lowest BCUT2D eigenvalue weighted by molar-refractivity contribution is -0.137. The van der Waals surface area contributed by atoms with Gasteiger partial charge in [-0.1, -0.05) is 55.5 Å². The summed E-state index contributed by atoms with van der Waals surface area (Å²) in [5.41, 5.74) is 4.49. The molecule has 0 bridgehead atoms. The van der Waals surface area contributed by atoms with Crippen LogP contribution in [0.4, 0.5) is 10.7 Å². The number of hydrogen-bond donors (Lipinski definition) is 4. The number of nitrogens with zero attached hydrogens (tertiary/aromatic N) is 2. The molecule has 182 valence electrons. The molecular weight excluding hydrogens is 450 g/mol. The highest BCUT2D eigenvalue weighted by atomic mass is 16.5. The van der Waals surface area contributed by atoms with Crippen molar-refractivity contribution in [3.63, 3.8) is 0 Å². The Morgan fingerprint density at radius 1 is 1.06 bits per heavy atom. The molecule has 0 radical (unpaired) electrons. The van der Waals surface area contributed by atoms with E-state index in [-0.39, 0.29) is 36.6 Å². The van der Waals surface area contributed by atoms with Gasteiger partial charge in [-0.2, -0.15) is 4.98 Å². The number of carboxylic acid groups (broad SMARTS) is 1. The van der Waals surface area contributed by atoms with E-state index in [0.717, 1.165) is 22.3 Å². The average molecular weight is 478 g/mol. The monoisotopic (exact) mass is 477 g/mol. The Balaban J connectivity index is 1.26. The molecule has 35 heavy (non-hydrogen) atoms. The van der Waals surface area contributed by atoms with Gasteiger partial charge in [0.05, 0.1) is 0 Å². The molecule has 1 aromatic heterocycles. The minimum absolute atomic E-state index is 0.0443.